The molecule has 0 radical (unpaired) electrons. The molecule has 0 saturated carbocycles. The molecule has 4 nitrogen and oxygen atoms in total. The summed E-state index contributed by atoms with van der Waals surface area (Å²) in [6.07, 6.45) is 1.14. The molecule has 0 aromatic carbocycles. The first kappa shape index (κ1) is 12.8. The van der Waals surface area contributed by atoms with Gasteiger partial charge in [0.25, 0.3) is 0 Å². The Morgan fingerprint density at radius 1 is 1.24 bits per heavy atom. The van der Waals surface area contributed by atoms with Crippen molar-refractivity contribution < 1.29 is 0 Å². The molecule has 2 rings (SSSR count). The van der Waals surface area contributed by atoms with Crippen LogP contribution in [-0.2, 0) is 0 Å². The Hall–Kier alpha value is -0.610. The first-order valence-electron chi connectivity index (χ1n) is 5.68. The maximum absolute atomic E-state index is 6.00. The highest BCUT2D eigenvalue weighted by atomic mass is 35.5. The molecule has 6 heteroatoms. The van der Waals surface area contributed by atoms with Gasteiger partial charge in [-0.1, -0.05) is 32.4 Å². The molecule has 1 aliphatic heterocycles. The fourth-order valence-electron chi connectivity index (χ4n) is 2.15. The molecular formula is C11H16Cl2N4. The Kier molecular flexibility index (Phi) is 3.46. The minimum absolute atomic E-state index is 0.142. The van der Waals surface area contributed by atoms with Crippen LogP contribution in [0.1, 0.15) is 27.2 Å². The van der Waals surface area contributed by atoms with Gasteiger partial charge < -0.3 is 4.90 Å². The number of rotatable bonds is 1. The van der Waals surface area contributed by atoms with Gasteiger partial charge in [0.15, 0.2) is 11.0 Å². The molecule has 1 unspecified atom stereocenters. The molecule has 1 fully saturated rings. The molecule has 1 aliphatic rings. The van der Waals surface area contributed by atoms with Crippen LogP contribution in [0.4, 0.5) is 5.82 Å². The van der Waals surface area contributed by atoms with E-state index in [4.69, 9.17) is 23.2 Å². The van der Waals surface area contributed by atoms with Crippen LogP contribution in [0.2, 0.25) is 10.4 Å². The van der Waals surface area contributed by atoms with E-state index in [1.54, 1.807) is 0 Å². The average molecular weight is 275 g/mol. The van der Waals surface area contributed by atoms with Gasteiger partial charge in [0, 0.05) is 13.1 Å². The third kappa shape index (κ3) is 2.80. The molecule has 94 valence electrons. The first-order valence-corrected chi connectivity index (χ1v) is 6.44. The Morgan fingerprint density at radius 3 is 2.53 bits per heavy atom. The van der Waals surface area contributed by atoms with Crippen molar-refractivity contribution in [3.05, 3.63) is 10.4 Å². The van der Waals surface area contributed by atoms with Gasteiger partial charge in [0.1, 0.15) is 0 Å². The van der Waals surface area contributed by atoms with Gasteiger partial charge in [0.05, 0.1) is 0 Å². The number of anilines is 1. The average Bonchev–Trinajstić information content (AvgIpc) is 2.70. The number of halogens is 2. The third-order valence-corrected chi connectivity index (χ3v) is 3.72. The summed E-state index contributed by atoms with van der Waals surface area (Å²) in [5.41, 5.74) is 0.297. The van der Waals surface area contributed by atoms with E-state index in [9.17, 15) is 0 Å². The summed E-state index contributed by atoms with van der Waals surface area (Å²) in [4.78, 5) is 6.29. The SMILES string of the molecule is CC(C)(C)C1CCN(c2nc(Cl)nnc2Cl)C1. The van der Waals surface area contributed by atoms with Gasteiger partial charge >= 0.3 is 0 Å². The van der Waals surface area contributed by atoms with Crippen molar-refractivity contribution in [2.45, 2.75) is 27.2 Å². The summed E-state index contributed by atoms with van der Waals surface area (Å²) in [5.74, 6) is 1.28. The van der Waals surface area contributed by atoms with E-state index >= 15 is 0 Å². The van der Waals surface area contributed by atoms with E-state index in [0.29, 0.717) is 22.3 Å². The van der Waals surface area contributed by atoms with Gasteiger partial charge in [0.2, 0.25) is 5.28 Å². The van der Waals surface area contributed by atoms with Crippen molar-refractivity contribution in [3.63, 3.8) is 0 Å². The maximum Gasteiger partial charge on any atom is 0.245 e. The van der Waals surface area contributed by atoms with Crippen LogP contribution < -0.4 is 4.90 Å². The molecule has 2 heterocycles. The zero-order valence-corrected chi connectivity index (χ0v) is 11.8. The fraction of sp³-hybridized carbons (Fsp3) is 0.727. The van der Waals surface area contributed by atoms with Crippen LogP contribution in [0.3, 0.4) is 0 Å². The second kappa shape index (κ2) is 4.58. The van der Waals surface area contributed by atoms with Crippen LogP contribution in [-0.4, -0.2) is 28.3 Å². The lowest BCUT2D eigenvalue weighted by molar-refractivity contribution is 0.263. The van der Waals surface area contributed by atoms with Gasteiger partial charge in [-0.15, -0.1) is 10.2 Å². The quantitative estimate of drug-likeness (QED) is 0.790. The van der Waals surface area contributed by atoms with Crippen molar-refractivity contribution in [2.24, 2.45) is 11.3 Å². The summed E-state index contributed by atoms with van der Waals surface area (Å²) in [5, 5.41) is 7.88. The fourth-order valence-corrected chi connectivity index (χ4v) is 2.46. The standard InChI is InChI=1S/C11H16Cl2N4/c1-11(2,3)7-4-5-17(6-7)9-8(12)15-16-10(13)14-9/h7H,4-6H2,1-3H3. The lowest BCUT2D eigenvalue weighted by Gasteiger charge is -2.27. The van der Waals surface area contributed by atoms with Crippen molar-refractivity contribution in [3.8, 4) is 0 Å². The third-order valence-electron chi connectivity index (χ3n) is 3.32. The maximum atomic E-state index is 6.00. The molecule has 0 bridgehead atoms. The van der Waals surface area contributed by atoms with Gasteiger partial charge in [-0.3, -0.25) is 0 Å². The summed E-state index contributed by atoms with van der Waals surface area (Å²) >= 11 is 11.8. The van der Waals surface area contributed by atoms with E-state index < -0.39 is 0 Å². The van der Waals surface area contributed by atoms with E-state index in [-0.39, 0.29) is 5.28 Å². The van der Waals surface area contributed by atoms with Crippen LogP contribution in [0.25, 0.3) is 0 Å². The molecule has 17 heavy (non-hydrogen) atoms. The number of nitrogens with zero attached hydrogens (tertiary/aromatic N) is 4. The second-order valence-corrected chi connectivity index (χ2v) is 6.19. The monoisotopic (exact) mass is 274 g/mol. The minimum atomic E-state index is 0.142. The lowest BCUT2D eigenvalue weighted by atomic mass is 9.80. The van der Waals surface area contributed by atoms with Crippen molar-refractivity contribution in [2.75, 3.05) is 18.0 Å². The summed E-state index contributed by atoms with van der Waals surface area (Å²) in [6.45, 7) is 8.66. The molecule has 1 saturated heterocycles. The van der Waals surface area contributed by atoms with E-state index in [1.807, 2.05) is 0 Å². The Bertz CT molecular complexity index is 416. The Morgan fingerprint density at radius 2 is 1.94 bits per heavy atom. The number of hydrogen-bond acceptors (Lipinski definition) is 4. The van der Waals surface area contributed by atoms with Crippen molar-refractivity contribution >= 4 is 29.0 Å². The number of aromatic nitrogens is 3. The molecular weight excluding hydrogens is 259 g/mol. The van der Waals surface area contributed by atoms with E-state index in [1.165, 1.54) is 0 Å². The van der Waals surface area contributed by atoms with E-state index in [0.717, 1.165) is 19.5 Å². The molecule has 0 spiro atoms. The van der Waals surface area contributed by atoms with Crippen molar-refractivity contribution in [1.82, 2.24) is 15.2 Å². The summed E-state index contributed by atoms with van der Waals surface area (Å²) in [7, 11) is 0. The molecule has 1 atom stereocenters. The second-order valence-electron chi connectivity index (χ2n) is 5.49. The van der Waals surface area contributed by atoms with Gasteiger partial charge in [-0.2, -0.15) is 4.98 Å². The topological polar surface area (TPSA) is 41.9 Å². The normalized spacial score (nSPS) is 21.0. The van der Waals surface area contributed by atoms with E-state index in [2.05, 4.69) is 40.9 Å². The van der Waals surface area contributed by atoms with Crippen LogP contribution in [0.5, 0.6) is 0 Å². The summed E-state index contributed by atoms with van der Waals surface area (Å²) in [6, 6.07) is 0. The van der Waals surface area contributed by atoms with Crippen LogP contribution in [0.15, 0.2) is 0 Å². The zero-order chi connectivity index (χ0) is 12.6. The van der Waals surface area contributed by atoms with Crippen LogP contribution >= 0.6 is 23.2 Å². The molecule has 1 aromatic rings. The first-order chi connectivity index (χ1) is 7.88. The minimum Gasteiger partial charge on any atom is -0.354 e. The predicted molar refractivity (Wildman–Crippen MR) is 69.6 cm³/mol. The summed E-state index contributed by atoms with van der Waals surface area (Å²) < 4.78 is 0. The predicted octanol–water partition coefficient (Wildman–Crippen LogP) is 3.05. The highest BCUT2D eigenvalue weighted by molar-refractivity contribution is 6.32. The van der Waals surface area contributed by atoms with Crippen molar-refractivity contribution in [1.29, 1.82) is 0 Å². The molecule has 1 aromatic heterocycles. The number of hydrogen-bond donors (Lipinski definition) is 0. The molecule has 0 amide bonds. The zero-order valence-electron chi connectivity index (χ0n) is 10.2. The smallest absolute Gasteiger partial charge is 0.245 e. The largest absolute Gasteiger partial charge is 0.354 e. The Balaban J connectivity index is 2.18. The van der Waals surface area contributed by atoms with Gasteiger partial charge in [-0.25, -0.2) is 0 Å². The highest BCUT2D eigenvalue weighted by Gasteiger charge is 2.33. The van der Waals surface area contributed by atoms with Gasteiger partial charge in [-0.05, 0) is 29.4 Å². The highest BCUT2D eigenvalue weighted by Crippen LogP contribution is 2.36. The molecule has 0 aliphatic carbocycles. The molecule has 0 N–H and O–H groups in total. The van der Waals surface area contributed by atoms with Crippen LogP contribution in [0, 0.1) is 11.3 Å². The lowest BCUT2D eigenvalue weighted by Crippen LogP contribution is -2.26. The Labute approximate surface area is 111 Å².